The van der Waals surface area contributed by atoms with Crippen LogP contribution in [0.25, 0.3) is 0 Å². The highest BCUT2D eigenvalue weighted by molar-refractivity contribution is 5.77. The summed E-state index contributed by atoms with van der Waals surface area (Å²) in [7, 11) is 0. The minimum absolute atomic E-state index is 0.0463. The lowest BCUT2D eigenvalue weighted by molar-refractivity contribution is -0.138. The Balaban J connectivity index is -0.000000324. The Morgan fingerprint density at radius 2 is 1.03 bits per heavy atom. The van der Waals surface area contributed by atoms with Gasteiger partial charge < -0.3 is 9.64 Å². The summed E-state index contributed by atoms with van der Waals surface area (Å²) < 4.78 is 4.51. The van der Waals surface area contributed by atoms with Crippen molar-refractivity contribution in [2.45, 2.75) is 133 Å². The van der Waals surface area contributed by atoms with E-state index in [2.05, 4.69) is 67.1 Å². The van der Waals surface area contributed by atoms with Gasteiger partial charge in [-0.05, 0) is 37.5 Å². The summed E-state index contributed by atoms with van der Waals surface area (Å²) >= 11 is 0. The third kappa shape index (κ3) is 39.4. The van der Waals surface area contributed by atoms with E-state index in [-0.39, 0.29) is 5.97 Å². The molecule has 0 spiro atoms. The number of amides is 1. The van der Waals surface area contributed by atoms with Crippen molar-refractivity contribution >= 4 is 11.9 Å². The van der Waals surface area contributed by atoms with Gasteiger partial charge in [-0.3, -0.25) is 9.59 Å². The zero-order valence-electron chi connectivity index (χ0n) is 23.6. The highest BCUT2D eigenvalue weighted by Crippen LogP contribution is 2.15. The maximum absolute atomic E-state index is 10.7. The smallest absolute Gasteiger partial charge is 0.305 e. The number of nitrogens with zero attached hydrogens (tertiary/aromatic N) is 1. The molecule has 2 saturated heterocycles. The van der Waals surface area contributed by atoms with Gasteiger partial charge in [-0.2, -0.15) is 0 Å². The standard InChI is InChI=1S/C6H11NO.C6H12.C4H6O2.3C4H10/c1-2-7-5-3-4-6(7)8;1-2-4-6-5-3-1;5-4-2-1-3-6-4;3*1-4(2)3/h2-5H2,1H3;1-6H2;1-3H2;3*4H,1-3H3. The molecular weight excluding hydrogens is 398 g/mol. The first-order chi connectivity index (χ1) is 14.9. The molecule has 3 rings (SSSR count). The molecule has 0 unspecified atom stereocenters. The van der Waals surface area contributed by atoms with Crippen molar-refractivity contribution in [3.63, 3.8) is 0 Å². The molecule has 0 aromatic carbocycles. The lowest BCUT2D eigenvalue weighted by atomic mass is 10.0. The van der Waals surface area contributed by atoms with E-state index in [0.29, 0.717) is 18.9 Å². The molecule has 0 radical (unpaired) electrons. The van der Waals surface area contributed by atoms with Gasteiger partial charge in [0.05, 0.1) is 6.61 Å². The van der Waals surface area contributed by atoms with Crippen molar-refractivity contribution in [1.29, 1.82) is 0 Å². The Labute approximate surface area is 202 Å². The van der Waals surface area contributed by atoms with Gasteiger partial charge in [-0.25, -0.2) is 0 Å². The van der Waals surface area contributed by atoms with Crippen LogP contribution in [0.2, 0.25) is 0 Å². The SMILES string of the molecule is C1CCCCC1.CC(C)C.CC(C)C.CC(C)C.CCN1CCCC1=O.O=C1CCCO1. The average molecular weight is 458 g/mol. The number of hydrogen-bond acceptors (Lipinski definition) is 3. The fraction of sp³-hybridized carbons (Fsp3) is 0.929. The molecule has 3 aliphatic rings. The third-order valence-electron chi connectivity index (χ3n) is 3.84. The van der Waals surface area contributed by atoms with Crippen molar-refractivity contribution in [2.24, 2.45) is 17.8 Å². The van der Waals surface area contributed by atoms with E-state index >= 15 is 0 Å². The quantitative estimate of drug-likeness (QED) is 0.372. The first kappa shape index (κ1) is 35.5. The van der Waals surface area contributed by atoms with Gasteiger partial charge in [-0.15, -0.1) is 0 Å². The van der Waals surface area contributed by atoms with Gasteiger partial charge in [0.15, 0.2) is 0 Å². The lowest BCUT2D eigenvalue weighted by Gasteiger charge is -2.10. The number of likely N-dealkylation sites (tertiary alicyclic amines) is 1. The topological polar surface area (TPSA) is 46.6 Å². The molecule has 4 nitrogen and oxygen atoms in total. The number of esters is 1. The largest absolute Gasteiger partial charge is 0.466 e. The Hall–Kier alpha value is -1.06. The molecule has 1 aliphatic carbocycles. The molecule has 2 heterocycles. The van der Waals surface area contributed by atoms with Gasteiger partial charge >= 0.3 is 5.97 Å². The fourth-order valence-electron chi connectivity index (χ4n) is 2.57. The van der Waals surface area contributed by atoms with Crippen molar-refractivity contribution in [3.05, 3.63) is 0 Å². The number of cyclic esters (lactones) is 1. The lowest BCUT2D eigenvalue weighted by Crippen LogP contribution is -2.23. The van der Waals surface area contributed by atoms with Crippen molar-refractivity contribution in [1.82, 2.24) is 4.90 Å². The van der Waals surface area contributed by atoms with Gasteiger partial charge in [-0.1, -0.05) is 101 Å². The van der Waals surface area contributed by atoms with E-state index in [1.54, 1.807) is 0 Å². The maximum Gasteiger partial charge on any atom is 0.305 e. The molecule has 0 atom stereocenters. The first-order valence-electron chi connectivity index (χ1n) is 13.4. The zero-order chi connectivity index (χ0) is 25.4. The normalized spacial score (nSPS) is 16.8. The van der Waals surface area contributed by atoms with Crippen LogP contribution in [0.1, 0.15) is 133 Å². The molecule has 194 valence electrons. The van der Waals surface area contributed by atoms with E-state index in [0.717, 1.165) is 50.1 Å². The summed E-state index contributed by atoms with van der Waals surface area (Å²) in [6.07, 6.45) is 12.4. The summed E-state index contributed by atoms with van der Waals surface area (Å²) in [5, 5.41) is 0. The summed E-state index contributed by atoms with van der Waals surface area (Å²) in [5.74, 6) is 2.78. The Bertz CT molecular complexity index is 359. The van der Waals surface area contributed by atoms with Gasteiger partial charge in [0.2, 0.25) is 5.91 Å². The van der Waals surface area contributed by atoms with Gasteiger partial charge in [0.25, 0.3) is 0 Å². The van der Waals surface area contributed by atoms with E-state index in [1.165, 1.54) is 38.5 Å². The van der Waals surface area contributed by atoms with E-state index < -0.39 is 0 Å². The Morgan fingerprint density at radius 3 is 1.16 bits per heavy atom. The van der Waals surface area contributed by atoms with Crippen LogP contribution in [0.4, 0.5) is 0 Å². The molecule has 32 heavy (non-hydrogen) atoms. The number of carbonyl (C=O) groups excluding carboxylic acids is 2. The molecule has 1 amide bonds. The van der Waals surface area contributed by atoms with Crippen LogP contribution in [0.5, 0.6) is 0 Å². The molecule has 3 fully saturated rings. The Morgan fingerprint density at radius 1 is 0.656 bits per heavy atom. The first-order valence-corrected chi connectivity index (χ1v) is 13.4. The second-order valence-electron chi connectivity index (χ2n) is 10.7. The molecular formula is C28H59NO3. The van der Waals surface area contributed by atoms with E-state index in [1.807, 2.05) is 11.8 Å². The van der Waals surface area contributed by atoms with Gasteiger partial charge in [0.1, 0.15) is 0 Å². The van der Waals surface area contributed by atoms with Crippen LogP contribution in [0.3, 0.4) is 0 Å². The predicted octanol–water partition coefficient (Wildman–Crippen LogP) is 8.28. The molecule has 0 bridgehead atoms. The van der Waals surface area contributed by atoms with Crippen molar-refractivity contribution < 1.29 is 14.3 Å². The van der Waals surface area contributed by atoms with E-state index in [9.17, 15) is 9.59 Å². The molecule has 0 aromatic heterocycles. The average Bonchev–Trinajstić information content (AvgIpc) is 3.33. The maximum atomic E-state index is 10.7. The Kier molecular flexibility index (Phi) is 29.1. The highest BCUT2D eigenvalue weighted by Gasteiger charge is 2.16. The molecule has 1 saturated carbocycles. The highest BCUT2D eigenvalue weighted by atomic mass is 16.5. The minimum atomic E-state index is -0.0463. The number of rotatable bonds is 1. The molecule has 0 aromatic rings. The van der Waals surface area contributed by atoms with Crippen molar-refractivity contribution in [2.75, 3.05) is 19.7 Å². The summed E-state index contributed by atoms with van der Waals surface area (Å²) in [6, 6.07) is 0. The summed E-state index contributed by atoms with van der Waals surface area (Å²) in [6.45, 7) is 24.0. The van der Waals surface area contributed by atoms with Crippen LogP contribution in [0.15, 0.2) is 0 Å². The van der Waals surface area contributed by atoms with Crippen molar-refractivity contribution in [3.8, 4) is 0 Å². The second-order valence-corrected chi connectivity index (χ2v) is 10.7. The molecule has 0 N–H and O–H groups in total. The monoisotopic (exact) mass is 457 g/mol. The number of hydrogen-bond donors (Lipinski definition) is 0. The molecule has 4 heteroatoms. The van der Waals surface area contributed by atoms with Crippen LogP contribution in [-0.4, -0.2) is 36.5 Å². The predicted molar refractivity (Wildman–Crippen MR) is 141 cm³/mol. The molecule has 2 aliphatic heterocycles. The summed E-state index contributed by atoms with van der Waals surface area (Å²) in [4.78, 5) is 22.6. The van der Waals surface area contributed by atoms with Crippen LogP contribution < -0.4 is 0 Å². The fourth-order valence-corrected chi connectivity index (χ4v) is 2.57. The summed E-state index contributed by atoms with van der Waals surface area (Å²) in [5.41, 5.74) is 0. The van der Waals surface area contributed by atoms with Crippen LogP contribution in [0, 0.1) is 17.8 Å². The second kappa shape index (κ2) is 26.2. The van der Waals surface area contributed by atoms with Crippen LogP contribution >= 0.6 is 0 Å². The minimum Gasteiger partial charge on any atom is -0.466 e. The van der Waals surface area contributed by atoms with E-state index in [4.69, 9.17) is 0 Å². The number of ether oxygens (including phenoxy) is 1. The van der Waals surface area contributed by atoms with Crippen LogP contribution in [-0.2, 0) is 14.3 Å². The zero-order valence-corrected chi connectivity index (χ0v) is 23.6. The number of carbonyl (C=O) groups is 2. The van der Waals surface area contributed by atoms with Gasteiger partial charge in [0, 0.05) is 25.9 Å². The third-order valence-corrected chi connectivity index (χ3v) is 3.84.